The second kappa shape index (κ2) is 50.9. The third kappa shape index (κ3) is 32.9. The normalized spacial score (nSPS) is 15.5. The van der Waals surface area contributed by atoms with Crippen molar-refractivity contribution in [2.45, 2.75) is 273 Å². The smallest absolute Gasteiger partial charge is 0.550 e. The zero-order chi connectivity index (χ0) is 92.2. The number of aromatic amines is 2. The fourth-order valence-electron chi connectivity index (χ4n) is 14.6. The molecule has 0 bridgehead atoms. The van der Waals surface area contributed by atoms with Gasteiger partial charge in [-0.05, 0) is 232 Å². The van der Waals surface area contributed by atoms with Gasteiger partial charge < -0.3 is 84.3 Å². The van der Waals surface area contributed by atoms with Gasteiger partial charge in [0.05, 0.1) is 98.3 Å². The fourth-order valence-corrected chi connectivity index (χ4v) is 14.9. The molecule has 4 saturated heterocycles. The summed E-state index contributed by atoms with van der Waals surface area (Å²) in [5.41, 5.74) is 11.3. The molecular weight excluding hydrogens is 1750 g/mol. The van der Waals surface area contributed by atoms with E-state index in [1.165, 1.54) is 6.92 Å². The molecule has 1 atom stereocenters. The molecule has 712 valence electrons. The number of aliphatic carboxylic acids is 1. The van der Waals surface area contributed by atoms with Crippen LogP contribution in [0.4, 0.5) is 22.2 Å². The first-order chi connectivity index (χ1) is 58.7. The van der Waals surface area contributed by atoms with E-state index < -0.39 is 47.5 Å². The Kier molecular flexibility index (Phi) is 45.2. The van der Waals surface area contributed by atoms with Gasteiger partial charge in [-0.25, -0.2) is 39.5 Å². The van der Waals surface area contributed by atoms with E-state index in [-0.39, 0.29) is 162 Å². The number of carboxylic acid groups (broad SMARTS) is 1. The van der Waals surface area contributed by atoms with E-state index in [1.807, 2.05) is 117 Å². The van der Waals surface area contributed by atoms with Gasteiger partial charge in [-0.3, -0.25) is 28.8 Å². The molecule has 2 amide bonds. The van der Waals surface area contributed by atoms with Crippen molar-refractivity contribution in [3.05, 3.63) is 112 Å². The van der Waals surface area contributed by atoms with Crippen molar-refractivity contribution in [3.8, 4) is 22.5 Å². The first-order valence-electron chi connectivity index (χ1n) is 42.8. The van der Waals surface area contributed by atoms with Gasteiger partial charge in [-0.2, -0.15) is 0 Å². The number of hydrogen-bond acceptors (Lipinski definition) is 27. The van der Waals surface area contributed by atoms with Gasteiger partial charge in [0.15, 0.2) is 5.78 Å². The van der Waals surface area contributed by atoms with Gasteiger partial charge in [0.2, 0.25) is 0 Å². The molecule has 130 heavy (non-hydrogen) atoms. The van der Waals surface area contributed by atoms with E-state index in [2.05, 4.69) is 125 Å². The third-order valence-corrected chi connectivity index (χ3v) is 21.5. The van der Waals surface area contributed by atoms with Crippen LogP contribution in [0.3, 0.4) is 0 Å². The van der Waals surface area contributed by atoms with Gasteiger partial charge >= 0.3 is 75.4 Å². The summed E-state index contributed by atoms with van der Waals surface area (Å²) in [6.45, 7) is 46.4. The van der Waals surface area contributed by atoms with E-state index in [1.54, 1.807) is 26.0 Å². The molecule has 5 aliphatic rings. The quantitative estimate of drug-likeness (QED) is 0.00930. The standard InChI is InChI=1S/C31H43N5O5.C23H27N5O2.C15H18BrN3O.C11H18O4.C9H16O3.C4H6O3.4CH4.K/c1-9-40-28(37)21-17-23(20-11-10-12-22-25(20)34-27(18(2)32-22)36-30(3,4)5)33-26(21)24(19-13-15-39-16-14-19)35-29(38)41-31(6,7)8;1-13-20(27-22(2,3)4)26-18-14(6-5-7-16(18)24-13)17-12-15-19(25-17)23(28-21(15)29)8-10-30-11-9-23;1-9-14(19-15(2,3)4)18-13-10(12(20)8-16)6-5-7-11(13)17-9;1-3-15-10(13)8-9(12)11(2)4-6-14-7-5-11;1-3-12-8(10)9(2)4-6-11-7-5-9;1-3(5)2-4(6)7;;;;;/h10-12,17,19,24,33H,9,13-16H2,1-8H3,(H,34,36)(H,35,38);5-7,12,25H,8-11H2,1-4H3,(H,26,27)(H,28,29);5-7H,8H2,1-4H3,(H,18,19);3-8H2,1-2H3;3-7H2,1-2H3;2H2,1H3,(H,6,7);4*1H4;/q;;;;;;;;;;+1/p-1. The van der Waals surface area contributed by atoms with Gasteiger partial charge in [0.1, 0.15) is 57.6 Å². The third-order valence-electron chi connectivity index (χ3n) is 21.0. The number of alkyl carbamates (subject to hydrolysis) is 1. The maximum absolute atomic E-state index is 13.3. The first kappa shape index (κ1) is 115. The number of aryl methyl sites for hydroxylation is 3. The summed E-state index contributed by atoms with van der Waals surface area (Å²) in [5.74, 6) is -0.470. The van der Waals surface area contributed by atoms with Crippen molar-refractivity contribution in [1.29, 1.82) is 0 Å². The van der Waals surface area contributed by atoms with Crippen LogP contribution in [0.1, 0.15) is 284 Å². The zero-order valence-corrected chi connectivity index (χ0v) is 82.2. The number of fused-ring (bicyclic) bond motifs is 5. The number of rotatable bonds is 20. The molecule has 31 nitrogen and oxygen atoms in total. The second-order valence-electron chi connectivity index (χ2n) is 36.3. The first-order valence-corrected chi connectivity index (χ1v) is 43.9. The van der Waals surface area contributed by atoms with Crippen LogP contribution in [-0.4, -0.2) is 193 Å². The number of alkyl halides is 1. The largest absolute Gasteiger partial charge is 1.00 e. The molecule has 10 heterocycles. The topological polar surface area (TPSA) is 420 Å². The Hall–Kier alpha value is -8.77. The molecule has 8 aromatic rings. The molecule has 3 aromatic carbocycles. The summed E-state index contributed by atoms with van der Waals surface area (Å²) >= 11 is 3.21. The van der Waals surface area contributed by atoms with E-state index in [9.17, 15) is 48.3 Å². The van der Waals surface area contributed by atoms with Crippen molar-refractivity contribution in [1.82, 2.24) is 50.5 Å². The summed E-state index contributed by atoms with van der Waals surface area (Å²) < 4.78 is 42.3. The predicted octanol–water partition coefficient (Wildman–Crippen LogP) is 14.9. The van der Waals surface area contributed by atoms with Crippen LogP contribution in [0.15, 0.2) is 66.7 Å². The van der Waals surface area contributed by atoms with E-state index in [4.69, 9.17) is 57.8 Å². The number of anilines is 3. The minimum absolute atomic E-state index is 0. The molecule has 0 saturated carbocycles. The van der Waals surface area contributed by atoms with Crippen LogP contribution in [-0.2, 0) is 67.4 Å². The van der Waals surface area contributed by atoms with Gasteiger partial charge in [-0.1, -0.05) is 82.9 Å². The number of hydrogen-bond donors (Lipinski definition) is 7. The van der Waals surface area contributed by atoms with Gasteiger partial charge in [0, 0.05) is 115 Å². The van der Waals surface area contributed by atoms with Crippen molar-refractivity contribution in [2.24, 2.45) is 16.7 Å². The Morgan fingerprint density at radius 1 is 0.538 bits per heavy atom. The number of benzene rings is 3. The number of ether oxygens (including phenoxy) is 8. The summed E-state index contributed by atoms with van der Waals surface area (Å²) in [4.78, 5) is 140. The molecule has 33 heteroatoms. The Morgan fingerprint density at radius 3 is 1.38 bits per heavy atom. The van der Waals surface area contributed by atoms with E-state index in [0.717, 1.165) is 117 Å². The van der Waals surface area contributed by atoms with Gasteiger partial charge in [0.25, 0.3) is 5.91 Å². The summed E-state index contributed by atoms with van der Waals surface area (Å²) in [5, 5.41) is 26.2. The zero-order valence-electron chi connectivity index (χ0n) is 77.5. The van der Waals surface area contributed by atoms with Crippen LogP contribution >= 0.6 is 15.9 Å². The summed E-state index contributed by atoms with van der Waals surface area (Å²) in [6, 6.07) is 20.5. The Labute approximate surface area is 819 Å². The maximum atomic E-state index is 13.3. The van der Waals surface area contributed by atoms with Gasteiger partial charge in [-0.15, -0.1) is 0 Å². The number of esters is 3. The maximum Gasteiger partial charge on any atom is 1.00 e. The van der Waals surface area contributed by atoms with Crippen LogP contribution in [0.25, 0.3) is 55.6 Å². The number of ketones is 3. The summed E-state index contributed by atoms with van der Waals surface area (Å²) in [6.07, 6.45) is 4.83. The predicted molar refractivity (Wildman–Crippen MR) is 508 cm³/mol. The van der Waals surface area contributed by atoms with Crippen molar-refractivity contribution in [3.63, 3.8) is 0 Å². The van der Waals surface area contributed by atoms with Crippen molar-refractivity contribution in [2.75, 3.05) is 94.0 Å². The SMILES string of the molecule is C.C.C.C.CC(=O)CC(=O)[O-].CCOC(=O)C1(C)CCOCC1.CCOC(=O)CC(=O)C1(C)CCOCC1.CCOC(=O)c1cc(-c2cccc3nc(C)c(NC(C)(C)C)nc23)[nH]c1C(NC(=O)OC(C)(C)C)C1CCOCC1.Cc1nc2cccc(-c3cc4c([nH]3)C3(CCOCC3)NC4=O)c2nc1NC(C)(C)C.Cc1nc2cccc(C(=O)CBr)c2nc1NC(C)(C)C.[K+]. The summed E-state index contributed by atoms with van der Waals surface area (Å²) in [7, 11) is 0. The number of nitrogens with one attached hydrogen (secondary N) is 7. The molecule has 4 fully saturated rings. The average molecular weight is 1900 g/mol. The Balaban J connectivity index is 0.000000431. The number of amides is 2. The number of nitrogens with zero attached hydrogens (tertiary/aromatic N) is 6. The number of aromatic nitrogens is 8. The second-order valence-corrected chi connectivity index (χ2v) is 36.9. The monoisotopic (exact) mass is 1900 g/mol. The molecule has 5 aliphatic heterocycles. The molecule has 7 N–H and O–H groups in total. The fraction of sp³-hybridized carbons (Fsp3) is 0.577. The number of halogens is 1. The minimum atomic E-state index is -1.31. The average Bonchev–Trinajstić information content (AvgIpc) is 1.58. The molecule has 13 rings (SSSR count). The molecular formula is C97H143BrKN13O18. The van der Waals surface area contributed by atoms with Crippen LogP contribution < -0.4 is 83.1 Å². The van der Waals surface area contributed by atoms with Crippen LogP contribution in [0, 0.1) is 37.5 Å². The number of carbonyl (C=O) groups is 9. The van der Waals surface area contributed by atoms with Crippen molar-refractivity contribution < 1.29 is 138 Å². The molecule has 1 unspecified atom stereocenters. The molecule has 1 spiro atoms. The Morgan fingerprint density at radius 2 is 0.962 bits per heavy atom. The number of para-hydroxylation sites is 3. The molecule has 0 radical (unpaired) electrons. The molecule has 5 aromatic heterocycles. The van der Waals surface area contributed by atoms with Crippen LogP contribution in [0.5, 0.6) is 0 Å². The number of carbonyl (C=O) groups excluding carboxylic acids is 9. The van der Waals surface area contributed by atoms with Crippen LogP contribution in [0.2, 0.25) is 0 Å². The van der Waals surface area contributed by atoms with E-state index in [0.29, 0.717) is 118 Å². The van der Waals surface area contributed by atoms with E-state index >= 15 is 0 Å². The molecule has 0 aliphatic carbocycles. The number of H-pyrrole nitrogens is 2. The number of Topliss-reactive ketones (excluding diaryl/α,β-unsaturated/α-hetero) is 3. The minimum Gasteiger partial charge on any atom is -0.550 e. The van der Waals surface area contributed by atoms with Crippen molar-refractivity contribution >= 4 is 120 Å². The number of carboxylic acids is 1. The Bertz CT molecular complexity index is 5120.